The predicted molar refractivity (Wildman–Crippen MR) is 45.6 cm³/mol. The van der Waals surface area contributed by atoms with Gasteiger partial charge in [0, 0.05) is 6.61 Å². The second kappa shape index (κ2) is 3.13. The molecular weight excluding hydrogens is 154 g/mol. The van der Waals surface area contributed by atoms with Gasteiger partial charge in [-0.1, -0.05) is 5.18 Å². The zero-order chi connectivity index (χ0) is 8.55. The number of nitrogens with zero attached hydrogens (tertiary/aromatic N) is 1. The first-order valence-corrected chi connectivity index (χ1v) is 4.75. The van der Waals surface area contributed by atoms with E-state index in [1.54, 1.807) is 0 Å². The maximum atomic E-state index is 10.1. The molecule has 1 N–H and O–H groups in total. The van der Waals surface area contributed by atoms with Gasteiger partial charge in [-0.05, 0) is 42.9 Å². The van der Waals surface area contributed by atoms with Crippen molar-refractivity contribution in [2.24, 2.45) is 28.8 Å². The number of rotatable bonds is 3. The molecule has 12 heavy (non-hydrogen) atoms. The largest absolute Gasteiger partial charge is 0.396 e. The van der Waals surface area contributed by atoms with Crippen LogP contribution in [0, 0.1) is 28.6 Å². The lowest BCUT2D eigenvalue weighted by molar-refractivity contribution is 0.158. The van der Waals surface area contributed by atoms with E-state index >= 15 is 0 Å². The molecule has 68 valence electrons. The smallest absolute Gasteiger partial charge is 0.0842 e. The maximum absolute atomic E-state index is 10.1. The van der Waals surface area contributed by atoms with Crippen LogP contribution in [0.25, 0.3) is 0 Å². The van der Waals surface area contributed by atoms with Crippen molar-refractivity contribution in [1.29, 1.82) is 0 Å². The third-order valence-corrected chi connectivity index (χ3v) is 3.69. The zero-order valence-corrected chi connectivity index (χ0v) is 7.15. The summed E-state index contributed by atoms with van der Waals surface area (Å²) in [4.78, 5) is 10.1. The van der Waals surface area contributed by atoms with Crippen LogP contribution in [0.1, 0.15) is 19.3 Å². The summed E-state index contributed by atoms with van der Waals surface area (Å²) in [5.74, 6) is 2.44. The number of fused-ring (bicyclic) bond motifs is 2. The first-order valence-electron chi connectivity index (χ1n) is 4.75. The highest BCUT2D eigenvalue weighted by molar-refractivity contribution is 4.95. The minimum Gasteiger partial charge on any atom is -0.396 e. The van der Waals surface area contributed by atoms with Gasteiger partial charge in [-0.25, -0.2) is 0 Å². The molecule has 2 saturated carbocycles. The minimum atomic E-state index is 0.336. The van der Waals surface area contributed by atoms with Gasteiger partial charge in [-0.2, -0.15) is 4.91 Å². The van der Waals surface area contributed by atoms with Gasteiger partial charge in [0.05, 0.1) is 6.54 Å². The first kappa shape index (κ1) is 8.17. The Bertz CT molecular complexity index is 183. The van der Waals surface area contributed by atoms with Crippen molar-refractivity contribution >= 4 is 0 Å². The monoisotopic (exact) mass is 169 g/mol. The Morgan fingerprint density at radius 2 is 1.83 bits per heavy atom. The van der Waals surface area contributed by atoms with Gasteiger partial charge in [0.1, 0.15) is 0 Å². The molecule has 0 aromatic heterocycles. The van der Waals surface area contributed by atoms with Crippen LogP contribution in [-0.2, 0) is 0 Å². The van der Waals surface area contributed by atoms with Crippen LogP contribution in [0.3, 0.4) is 0 Å². The van der Waals surface area contributed by atoms with Crippen molar-refractivity contribution < 1.29 is 5.11 Å². The Labute approximate surface area is 72.1 Å². The van der Waals surface area contributed by atoms with Gasteiger partial charge in [-0.15, -0.1) is 0 Å². The molecule has 0 radical (unpaired) electrons. The fraction of sp³-hybridized carbons (Fsp3) is 1.00. The molecule has 2 aliphatic carbocycles. The Hall–Kier alpha value is -0.440. The number of hydrogen-bond donors (Lipinski definition) is 1. The summed E-state index contributed by atoms with van der Waals surface area (Å²) in [6.07, 6.45) is 3.48. The van der Waals surface area contributed by atoms with Crippen LogP contribution < -0.4 is 0 Å². The van der Waals surface area contributed by atoms with E-state index < -0.39 is 0 Å². The molecule has 4 atom stereocenters. The van der Waals surface area contributed by atoms with Crippen molar-refractivity contribution in [3.05, 3.63) is 4.91 Å². The molecule has 0 heterocycles. The standard InChI is InChI=1S/C9H15NO2/c11-5-9-3-6-1-7(9)2-8(6)4-10-12/h6-9,11H,1-5H2. The van der Waals surface area contributed by atoms with Crippen LogP contribution in [0.5, 0.6) is 0 Å². The molecule has 0 aromatic carbocycles. The fourth-order valence-corrected chi connectivity index (χ4v) is 3.06. The molecular formula is C9H15NO2. The molecule has 0 aromatic rings. The number of nitroso groups, excluding NO2 is 1. The van der Waals surface area contributed by atoms with Crippen molar-refractivity contribution in [3.8, 4) is 0 Å². The average molecular weight is 169 g/mol. The van der Waals surface area contributed by atoms with Crippen LogP contribution in [0.15, 0.2) is 5.18 Å². The normalized spacial score (nSPS) is 45.1. The molecule has 3 heteroatoms. The quantitative estimate of drug-likeness (QED) is 0.649. The molecule has 2 aliphatic rings. The molecule has 3 nitrogen and oxygen atoms in total. The number of aliphatic hydroxyl groups is 1. The van der Waals surface area contributed by atoms with Crippen molar-refractivity contribution in [1.82, 2.24) is 0 Å². The molecule has 4 unspecified atom stereocenters. The van der Waals surface area contributed by atoms with E-state index in [2.05, 4.69) is 5.18 Å². The maximum Gasteiger partial charge on any atom is 0.0842 e. The molecule has 0 saturated heterocycles. The van der Waals surface area contributed by atoms with E-state index in [1.165, 1.54) is 6.42 Å². The first-order chi connectivity index (χ1) is 5.85. The van der Waals surface area contributed by atoms with Gasteiger partial charge < -0.3 is 5.11 Å². The van der Waals surface area contributed by atoms with Gasteiger partial charge in [0.25, 0.3) is 0 Å². The molecule has 0 amide bonds. The highest BCUT2D eigenvalue weighted by atomic mass is 16.3. The van der Waals surface area contributed by atoms with Gasteiger partial charge in [0.15, 0.2) is 0 Å². The summed E-state index contributed by atoms with van der Waals surface area (Å²) in [6, 6.07) is 0. The molecule has 2 rings (SSSR count). The third kappa shape index (κ3) is 1.16. The lowest BCUT2D eigenvalue weighted by Crippen LogP contribution is -2.21. The summed E-state index contributed by atoms with van der Waals surface area (Å²) in [7, 11) is 0. The molecule has 2 fully saturated rings. The lowest BCUT2D eigenvalue weighted by Gasteiger charge is -2.24. The Balaban J connectivity index is 1.93. The Kier molecular flexibility index (Phi) is 2.13. The summed E-state index contributed by atoms with van der Waals surface area (Å²) in [5, 5.41) is 12.0. The topological polar surface area (TPSA) is 49.7 Å². The van der Waals surface area contributed by atoms with E-state index in [1.807, 2.05) is 0 Å². The van der Waals surface area contributed by atoms with E-state index in [0.29, 0.717) is 36.8 Å². The van der Waals surface area contributed by atoms with Gasteiger partial charge >= 0.3 is 0 Å². The van der Waals surface area contributed by atoms with Crippen LogP contribution in [-0.4, -0.2) is 18.3 Å². The van der Waals surface area contributed by atoms with Crippen LogP contribution >= 0.6 is 0 Å². The van der Waals surface area contributed by atoms with Crippen molar-refractivity contribution in [2.45, 2.75) is 19.3 Å². The second-order valence-corrected chi connectivity index (χ2v) is 4.24. The van der Waals surface area contributed by atoms with E-state index in [4.69, 9.17) is 5.11 Å². The van der Waals surface area contributed by atoms with Crippen LogP contribution in [0.2, 0.25) is 0 Å². The van der Waals surface area contributed by atoms with Crippen molar-refractivity contribution in [3.63, 3.8) is 0 Å². The second-order valence-electron chi connectivity index (χ2n) is 4.24. The minimum absolute atomic E-state index is 0.336. The van der Waals surface area contributed by atoms with E-state index in [-0.39, 0.29) is 0 Å². The third-order valence-electron chi connectivity index (χ3n) is 3.69. The van der Waals surface area contributed by atoms with Gasteiger partial charge in [-0.3, -0.25) is 0 Å². The Morgan fingerprint density at radius 1 is 1.17 bits per heavy atom. The SMILES string of the molecule is O=NCC1CC2CC1CC2CO. The highest BCUT2D eigenvalue weighted by Crippen LogP contribution is 2.51. The van der Waals surface area contributed by atoms with E-state index in [9.17, 15) is 4.91 Å². The highest BCUT2D eigenvalue weighted by Gasteiger charge is 2.45. The van der Waals surface area contributed by atoms with Crippen molar-refractivity contribution in [2.75, 3.05) is 13.2 Å². The lowest BCUT2D eigenvalue weighted by atomic mass is 9.82. The summed E-state index contributed by atoms with van der Waals surface area (Å²) >= 11 is 0. The number of hydrogen-bond acceptors (Lipinski definition) is 3. The predicted octanol–water partition coefficient (Wildman–Crippen LogP) is 1.41. The van der Waals surface area contributed by atoms with E-state index in [0.717, 1.165) is 12.8 Å². The molecule has 0 spiro atoms. The van der Waals surface area contributed by atoms with Gasteiger partial charge in [0.2, 0.25) is 0 Å². The summed E-state index contributed by atoms with van der Waals surface area (Å²) < 4.78 is 0. The Morgan fingerprint density at radius 3 is 2.33 bits per heavy atom. The zero-order valence-electron chi connectivity index (χ0n) is 7.15. The summed E-state index contributed by atoms with van der Waals surface area (Å²) in [6.45, 7) is 0.835. The summed E-state index contributed by atoms with van der Waals surface area (Å²) in [5.41, 5.74) is 0. The number of aliphatic hydroxyl groups excluding tert-OH is 1. The van der Waals surface area contributed by atoms with Crippen LogP contribution in [0.4, 0.5) is 0 Å². The fourth-order valence-electron chi connectivity index (χ4n) is 3.06. The molecule has 2 bridgehead atoms. The average Bonchev–Trinajstić information content (AvgIpc) is 2.62. The molecule has 0 aliphatic heterocycles.